The lowest BCUT2D eigenvalue weighted by atomic mass is 10.4. The van der Waals surface area contributed by atoms with Gasteiger partial charge in [0, 0.05) is 0 Å². The predicted octanol–water partition coefficient (Wildman–Crippen LogP) is 3.60. The van der Waals surface area contributed by atoms with Crippen molar-refractivity contribution in [2.75, 3.05) is 0 Å². The van der Waals surface area contributed by atoms with E-state index in [9.17, 15) is 0 Å². The van der Waals surface area contributed by atoms with Crippen molar-refractivity contribution in [3.05, 3.63) is 60.7 Å². The summed E-state index contributed by atoms with van der Waals surface area (Å²) in [6.07, 6.45) is 5.47. The van der Waals surface area contributed by atoms with Gasteiger partial charge in [0.15, 0.2) is 0 Å². The molecule has 0 aromatic heterocycles. The van der Waals surface area contributed by atoms with Gasteiger partial charge in [-0.25, -0.2) is 0 Å². The van der Waals surface area contributed by atoms with Gasteiger partial charge in [-0.15, -0.1) is 0 Å². The van der Waals surface area contributed by atoms with Crippen molar-refractivity contribution in [2.45, 2.75) is 25.7 Å². The molecule has 0 aliphatic heterocycles. The van der Waals surface area contributed by atoms with Crippen LogP contribution in [0.15, 0.2) is 60.7 Å². The van der Waals surface area contributed by atoms with Gasteiger partial charge in [0.1, 0.15) is 0 Å². The van der Waals surface area contributed by atoms with Crippen LogP contribution in [-0.4, -0.2) is 5.29 Å². The number of rotatable bonds is 2. The number of hydrogen-bond donors (Lipinski definition) is 0. The van der Waals surface area contributed by atoms with E-state index in [0.29, 0.717) is 0 Å². The third kappa shape index (κ3) is 2.44. The van der Waals surface area contributed by atoms with Gasteiger partial charge < -0.3 is 0 Å². The lowest BCUT2D eigenvalue weighted by Gasteiger charge is -2.14. The van der Waals surface area contributed by atoms with E-state index >= 15 is 0 Å². The highest BCUT2D eigenvalue weighted by molar-refractivity contribution is 7.73. The van der Waals surface area contributed by atoms with Crippen LogP contribution in [0, 0.1) is 0 Å². The minimum Gasteiger partial charge on any atom is -0.0666 e. The average molecular weight is 254 g/mol. The summed E-state index contributed by atoms with van der Waals surface area (Å²) in [4.78, 5) is 0. The monoisotopic (exact) mass is 254 g/mol. The minimum absolute atomic E-state index is 0.661. The van der Waals surface area contributed by atoms with Gasteiger partial charge in [-0.1, -0.05) is 73.5 Å². The predicted molar refractivity (Wildman–Crippen MR) is 83.9 cm³/mol. The largest absolute Gasteiger partial charge is 0.0666 e. The summed E-state index contributed by atoms with van der Waals surface area (Å²) in [7, 11) is -0.661. The van der Waals surface area contributed by atoms with Crippen LogP contribution in [0.3, 0.4) is 0 Å². The Kier molecular flexibility index (Phi) is 3.67. The van der Waals surface area contributed by atoms with Crippen LogP contribution in [0.1, 0.15) is 25.7 Å². The fourth-order valence-corrected chi connectivity index (χ4v) is 5.89. The summed E-state index contributed by atoms with van der Waals surface area (Å²) in [5, 5.41) is 4.91. The highest BCUT2D eigenvalue weighted by Gasteiger charge is 2.14. The van der Waals surface area contributed by atoms with Crippen LogP contribution in [0.2, 0.25) is 0 Å². The average Bonchev–Trinajstić information content (AvgIpc) is 2.95. The zero-order valence-corrected chi connectivity index (χ0v) is 11.6. The van der Waals surface area contributed by atoms with Crippen molar-refractivity contribution in [3.8, 4) is 0 Å². The molecule has 92 valence electrons. The SMILES string of the molecule is c1ccc([PH](=C2CCCC2)c2ccccc2)cc1. The lowest BCUT2D eigenvalue weighted by molar-refractivity contribution is 0.886. The van der Waals surface area contributed by atoms with Crippen molar-refractivity contribution in [1.29, 1.82) is 0 Å². The molecule has 0 unspecified atom stereocenters. The summed E-state index contributed by atoms with van der Waals surface area (Å²) in [6.45, 7) is 0. The second-order valence-electron chi connectivity index (χ2n) is 4.92. The molecule has 1 aliphatic carbocycles. The van der Waals surface area contributed by atoms with Gasteiger partial charge >= 0.3 is 0 Å². The Balaban J connectivity index is 2.14. The number of hydrogen-bond acceptors (Lipinski definition) is 0. The molecule has 0 saturated heterocycles. The fourth-order valence-electron chi connectivity index (χ4n) is 2.84. The topological polar surface area (TPSA) is 0 Å². The molecule has 0 radical (unpaired) electrons. The lowest BCUT2D eigenvalue weighted by Crippen LogP contribution is -2.11. The van der Waals surface area contributed by atoms with E-state index in [2.05, 4.69) is 60.7 Å². The van der Waals surface area contributed by atoms with E-state index in [1.807, 2.05) is 5.29 Å². The first kappa shape index (κ1) is 11.8. The Hall–Kier alpha value is -1.26. The standard InChI is InChI=1S/C17H19P/c1-3-9-15(10-4-1)18(17-13-7-8-14-17)16-11-5-2-6-12-16/h1-6,9-12,18H,7-8,13-14H2. The van der Waals surface area contributed by atoms with Crippen LogP contribution in [0.5, 0.6) is 0 Å². The Morgan fingerprint density at radius 3 is 1.50 bits per heavy atom. The van der Waals surface area contributed by atoms with E-state index in [4.69, 9.17) is 0 Å². The molecule has 0 spiro atoms. The molecule has 0 atom stereocenters. The maximum Gasteiger partial charge on any atom is -0.0231 e. The summed E-state index contributed by atoms with van der Waals surface area (Å²) < 4.78 is 0. The smallest absolute Gasteiger partial charge is 0.0231 e. The van der Waals surface area contributed by atoms with Crippen LogP contribution in [0.4, 0.5) is 0 Å². The third-order valence-electron chi connectivity index (χ3n) is 3.69. The van der Waals surface area contributed by atoms with E-state index < -0.39 is 7.55 Å². The quantitative estimate of drug-likeness (QED) is 0.718. The first-order valence-corrected chi connectivity index (χ1v) is 8.28. The molecule has 0 N–H and O–H groups in total. The maximum atomic E-state index is 2.31. The Bertz CT molecular complexity index is 491. The molecule has 1 aliphatic rings. The summed E-state index contributed by atoms with van der Waals surface area (Å²) in [6, 6.07) is 22.2. The van der Waals surface area contributed by atoms with Crippen LogP contribution >= 0.6 is 7.55 Å². The molecule has 0 bridgehead atoms. The Labute approximate surface area is 110 Å². The van der Waals surface area contributed by atoms with Gasteiger partial charge in [0.25, 0.3) is 0 Å². The van der Waals surface area contributed by atoms with E-state index in [1.165, 1.54) is 25.7 Å². The van der Waals surface area contributed by atoms with Gasteiger partial charge in [-0.05, 0) is 36.3 Å². The minimum atomic E-state index is -0.661. The molecule has 3 rings (SSSR count). The van der Waals surface area contributed by atoms with E-state index in [1.54, 1.807) is 10.6 Å². The van der Waals surface area contributed by atoms with Crippen molar-refractivity contribution in [1.82, 2.24) is 0 Å². The second kappa shape index (κ2) is 5.59. The highest BCUT2D eigenvalue weighted by atomic mass is 31.1. The normalized spacial score (nSPS) is 15.3. The summed E-state index contributed by atoms with van der Waals surface area (Å²) >= 11 is 0. The molecule has 2 aromatic rings. The Morgan fingerprint density at radius 2 is 1.06 bits per heavy atom. The van der Waals surface area contributed by atoms with Crippen molar-refractivity contribution >= 4 is 23.4 Å². The first-order valence-electron chi connectivity index (χ1n) is 6.78. The summed E-state index contributed by atoms with van der Waals surface area (Å²) in [5.74, 6) is 0. The van der Waals surface area contributed by atoms with Crippen molar-refractivity contribution in [2.24, 2.45) is 0 Å². The molecule has 1 fully saturated rings. The molecular formula is C17H19P. The highest BCUT2D eigenvalue weighted by Crippen LogP contribution is 2.31. The third-order valence-corrected chi connectivity index (χ3v) is 6.71. The molecule has 2 aromatic carbocycles. The van der Waals surface area contributed by atoms with Gasteiger partial charge in [-0.3, -0.25) is 0 Å². The molecule has 0 amide bonds. The second-order valence-corrected chi connectivity index (χ2v) is 7.53. The molecule has 1 saturated carbocycles. The van der Waals surface area contributed by atoms with Crippen molar-refractivity contribution < 1.29 is 0 Å². The van der Waals surface area contributed by atoms with Crippen molar-refractivity contribution in [3.63, 3.8) is 0 Å². The van der Waals surface area contributed by atoms with Gasteiger partial charge in [0.05, 0.1) is 0 Å². The molecule has 18 heavy (non-hydrogen) atoms. The van der Waals surface area contributed by atoms with Crippen LogP contribution in [-0.2, 0) is 0 Å². The molecule has 1 heteroatoms. The fraction of sp³-hybridized carbons (Fsp3) is 0.235. The van der Waals surface area contributed by atoms with Gasteiger partial charge in [0.2, 0.25) is 0 Å². The maximum absolute atomic E-state index is 2.31. The molecule has 0 heterocycles. The number of benzene rings is 2. The zero-order chi connectivity index (χ0) is 12.2. The van der Waals surface area contributed by atoms with Crippen LogP contribution in [0.25, 0.3) is 0 Å². The Morgan fingerprint density at radius 1 is 0.611 bits per heavy atom. The molecule has 0 nitrogen and oxygen atoms in total. The van der Waals surface area contributed by atoms with E-state index in [0.717, 1.165) is 0 Å². The van der Waals surface area contributed by atoms with Gasteiger partial charge in [-0.2, -0.15) is 0 Å². The van der Waals surface area contributed by atoms with E-state index in [-0.39, 0.29) is 0 Å². The zero-order valence-electron chi connectivity index (χ0n) is 10.6. The molecular weight excluding hydrogens is 235 g/mol. The first-order chi connectivity index (χ1) is 8.95. The van der Waals surface area contributed by atoms with Crippen LogP contribution < -0.4 is 10.6 Å². The summed E-state index contributed by atoms with van der Waals surface area (Å²) in [5.41, 5.74) is 0.